The van der Waals surface area contributed by atoms with Crippen molar-refractivity contribution < 1.29 is 32.9 Å². The quantitative estimate of drug-likeness (QED) is 0.0243. The Kier molecular flexibility index (Phi) is 63.7. The zero-order valence-corrected chi connectivity index (χ0v) is 56.9. The van der Waals surface area contributed by atoms with E-state index in [0.717, 1.165) is 38.5 Å². The number of rotatable bonds is 69. The van der Waals surface area contributed by atoms with Crippen LogP contribution in [0.25, 0.3) is 0 Å². The summed E-state index contributed by atoms with van der Waals surface area (Å²) < 4.78 is 23.8. The minimum absolute atomic E-state index is 0.0592. The lowest BCUT2D eigenvalue weighted by Gasteiger charge is -2.25. The molecule has 0 aromatic heterocycles. The fraction of sp³-hybridized carbons (Fsp3) is 0.932. The summed E-state index contributed by atoms with van der Waals surface area (Å²) in [5.74, 6) is -0.177. The number of carbonyl (C=O) groups is 1. The van der Waals surface area contributed by atoms with Gasteiger partial charge in [0, 0.05) is 6.42 Å². The lowest BCUT2D eigenvalue weighted by Crippen LogP contribution is -2.45. The maximum Gasteiger partial charge on any atom is 0.472 e. The minimum Gasteiger partial charge on any atom is -0.387 e. The van der Waals surface area contributed by atoms with Crippen LogP contribution in [-0.2, 0) is 18.4 Å². The molecule has 0 aliphatic carbocycles. The second-order valence-corrected chi connectivity index (χ2v) is 28.1. The Morgan fingerprint density at radius 1 is 0.402 bits per heavy atom. The molecule has 8 nitrogen and oxygen atoms in total. The number of amides is 1. The predicted molar refractivity (Wildman–Crippen MR) is 360 cm³/mol. The largest absolute Gasteiger partial charge is 0.472 e. The second-order valence-electron chi connectivity index (χ2n) is 26.7. The van der Waals surface area contributed by atoms with Crippen LogP contribution in [-0.4, -0.2) is 73.4 Å². The number of phosphoric ester groups is 1. The average molecular weight is 1180 g/mol. The van der Waals surface area contributed by atoms with Crippen molar-refractivity contribution in [2.24, 2.45) is 0 Å². The highest BCUT2D eigenvalue weighted by atomic mass is 31.2. The number of quaternary nitrogens is 1. The molecule has 0 spiro atoms. The van der Waals surface area contributed by atoms with E-state index in [4.69, 9.17) is 9.05 Å². The van der Waals surface area contributed by atoms with Crippen LogP contribution in [0.4, 0.5) is 0 Å². The van der Waals surface area contributed by atoms with E-state index in [2.05, 4.69) is 31.3 Å². The molecule has 0 aromatic rings. The number of aliphatic hydroxyl groups excluding tert-OH is 1. The van der Waals surface area contributed by atoms with Crippen LogP contribution >= 0.6 is 7.82 Å². The van der Waals surface area contributed by atoms with Crippen molar-refractivity contribution in [3.8, 4) is 0 Å². The summed E-state index contributed by atoms with van der Waals surface area (Å²) in [5, 5.41) is 14.0. The third-order valence-corrected chi connectivity index (χ3v) is 18.2. The fourth-order valence-corrected chi connectivity index (χ4v) is 12.2. The van der Waals surface area contributed by atoms with Crippen LogP contribution in [0.1, 0.15) is 386 Å². The van der Waals surface area contributed by atoms with E-state index in [1.54, 1.807) is 6.08 Å². The van der Waals surface area contributed by atoms with Crippen LogP contribution in [0, 0.1) is 0 Å². The van der Waals surface area contributed by atoms with Gasteiger partial charge in [-0.2, -0.15) is 0 Å². The lowest BCUT2D eigenvalue weighted by atomic mass is 10.0. The third-order valence-electron chi connectivity index (χ3n) is 17.2. The molecule has 9 heteroatoms. The van der Waals surface area contributed by atoms with E-state index in [1.165, 1.54) is 327 Å². The highest BCUT2D eigenvalue weighted by Gasteiger charge is 2.28. The Hall–Kier alpha value is -1.02. The zero-order chi connectivity index (χ0) is 59.8. The van der Waals surface area contributed by atoms with Gasteiger partial charge in [-0.05, 0) is 32.1 Å². The van der Waals surface area contributed by atoms with Crippen LogP contribution in [0.2, 0.25) is 0 Å². The number of phosphoric acid groups is 1. The molecule has 82 heavy (non-hydrogen) atoms. The zero-order valence-electron chi connectivity index (χ0n) is 56.0. The second kappa shape index (κ2) is 64.5. The highest BCUT2D eigenvalue weighted by Crippen LogP contribution is 2.43. The molecule has 3 atom stereocenters. The molecule has 3 unspecified atom stereocenters. The molecular formula is C73H146N2O6P+. The van der Waals surface area contributed by atoms with E-state index in [1.807, 2.05) is 27.2 Å². The van der Waals surface area contributed by atoms with E-state index in [0.29, 0.717) is 17.4 Å². The number of hydrogen-bond donors (Lipinski definition) is 3. The first-order valence-corrected chi connectivity index (χ1v) is 38.2. The van der Waals surface area contributed by atoms with Gasteiger partial charge < -0.3 is 19.8 Å². The van der Waals surface area contributed by atoms with Crippen LogP contribution < -0.4 is 5.32 Å². The number of allylic oxidation sites excluding steroid dienone is 3. The molecule has 0 saturated carbocycles. The molecule has 0 heterocycles. The van der Waals surface area contributed by atoms with Crippen molar-refractivity contribution in [2.75, 3.05) is 40.9 Å². The number of aliphatic hydroxyl groups is 1. The summed E-state index contributed by atoms with van der Waals surface area (Å²) >= 11 is 0. The van der Waals surface area contributed by atoms with Gasteiger partial charge in [0.15, 0.2) is 0 Å². The molecular weight excluding hydrogens is 1030 g/mol. The van der Waals surface area contributed by atoms with Gasteiger partial charge in [0.2, 0.25) is 5.91 Å². The first-order chi connectivity index (χ1) is 40.0. The number of likely N-dealkylation sites (N-methyl/N-ethyl adjacent to an activating group) is 1. The Labute approximate surface area is 513 Å². The van der Waals surface area contributed by atoms with E-state index < -0.39 is 20.0 Å². The Bertz CT molecular complexity index is 1390. The number of nitrogens with one attached hydrogen (secondary N) is 1. The van der Waals surface area contributed by atoms with Gasteiger partial charge in [-0.1, -0.05) is 372 Å². The molecule has 488 valence electrons. The highest BCUT2D eigenvalue weighted by molar-refractivity contribution is 7.47. The van der Waals surface area contributed by atoms with E-state index in [-0.39, 0.29) is 19.1 Å². The smallest absolute Gasteiger partial charge is 0.387 e. The Morgan fingerprint density at radius 3 is 0.976 bits per heavy atom. The lowest BCUT2D eigenvalue weighted by molar-refractivity contribution is -0.870. The summed E-state index contributed by atoms with van der Waals surface area (Å²) in [6, 6.07) is -0.862. The molecule has 0 aromatic carbocycles. The first-order valence-electron chi connectivity index (χ1n) is 36.7. The van der Waals surface area contributed by atoms with E-state index in [9.17, 15) is 19.4 Å². The van der Waals surface area contributed by atoms with Crippen LogP contribution in [0.5, 0.6) is 0 Å². The molecule has 0 saturated heterocycles. The van der Waals surface area contributed by atoms with Crippen molar-refractivity contribution in [1.29, 1.82) is 0 Å². The normalized spacial score (nSPS) is 13.7. The summed E-state index contributed by atoms with van der Waals surface area (Å²) in [4.78, 5) is 23.4. The number of hydrogen-bond acceptors (Lipinski definition) is 5. The van der Waals surface area contributed by atoms with Gasteiger partial charge in [0.05, 0.1) is 39.9 Å². The van der Waals surface area contributed by atoms with Gasteiger partial charge in [0.25, 0.3) is 0 Å². The van der Waals surface area contributed by atoms with Crippen molar-refractivity contribution in [2.45, 2.75) is 398 Å². The number of nitrogens with zero attached hydrogens (tertiary/aromatic N) is 1. The third kappa shape index (κ3) is 66.5. The van der Waals surface area contributed by atoms with Crippen LogP contribution in [0.15, 0.2) is 24.3 Å². The topological polar surface area (TPSA) is 105 Å². The maximum absolute atomic E-state index is 13.1. The van der Waals surface area contributed by atoms with Gasteiger partial charge in [0.1, 0.15) is 13.2 Å². The maximum atomic E-state index is 13.1. The van der Waals surface area contributed by atoms with Gasteiger partial charge in [-0.3, -0.25) is 13.8 Å². The average Bonchev–Trinajstić information content (AvgIpc) is 3.47. The van der Waals surface area contributed by atoms with Crippen molar-refractivity contribution in [3.63, 3.8) is 0 Å². The Morgan fingerprint density at radius 2 is 0.671 bits per heavy atom. The summed E-state index contributed by atoms with van der Waals surface area (Å²) in [6.45, 7) is 4.87. The van der Waals surface area contributed by atoms with Gasteiger partial charge >= 0.3 is 7.82 Å². The number of carbonyl (C=O) groups excluding carboxylic acids is 1. The van der Waals surface area contributed by atoms with Crippen molar-refractivity contribution >= 4 is 13.7 Å². The minimum atomic E-state index is -4.36. The molecule has 0 aliphatic rings. The molecule has 0 aliphatic heterocycles. The van der Waals surface area contributed by atoms with E-state index >= 15 is 0 Å². The van der Waals surface area contributed by atoms with Gasteiger partial charge in [-0.25, -0.2) is 4.57 Å². The molecule has 1 amide bonds. The molecule has 0 bridgehead atoms. The summed E-state index contributed by atoms with van der Waals surface area (Å²) in [6.07, 6.45) is 85.0. The van der Waals surface area contributed by atoms with Crippen LogP contribution in [0.3, 0.4) is 0 Å². The monoisotopic (exact) mass is 1180 g/mol. The number of unbranched alkanes of at least 4 members (excludes halogenated alkanes) is 54. The molecule has 0 radical (unpaired) electrons. The first kappa shape index (κ1) is 81.0. The molecule has 3 N–H and O–H groups in total. The molecule has 0 fully saturated rings. The van der Waals surface area contributed by atoms with Gasteiger partial charge in [-0.15, -0.1) is 0 Å². The summed E-state index contributed by atoms with van der Waals surface area (Å²) in [5.41, 5.74) is 0. The van der Waals surface area contributed by atoms with Crippen molar-refractivity contribution in [3.05, 3.63) is 24.3 Å². The van der Waals surface area contributed by atoms with Crippen molar-refractivity contribution in [1.82, 2.24) is 5.32 Å². The Balaban J connectivity index is 4.04. The molecule has 0 rings (SSSR count). The predicted octanol–water partition coefficient (Wildman–Crippen LogP) is 23.4. The standard InChI is InChI=1S/C73H145N2O6P/c1-6-8-10-12-14-16-18-20-22-24-26-28-30-32-34-36-38-40-42-44-46-48-50-52-54-56-58-60-62-64-66-72(76)71(70-81-82(78,79)80-69-68-75(3,4)5)74-73(77)67-65-63-61-59-57-55-53-51-49-47-45-43-41-39-37-35-33-31-29-27-25-23-21-19-17-15-13-11-9-7-2/h56,58,64,66,71-72,76H,6-55,57,59-63,65,67-70H2,1-5H3,(H-,74,77,78,79)/p+1/b58-56+,66-64+. The SMILES string of the molecule is CCCCCCCCCCCCCCCCCCCCCCCCCC/C=C/CC/C=C/C(O)C(COP(=O)(O)OCC[N+](C)(C)C)NC(=O)CCCCCCCCCCCCCCCCCCCCCCCCCCCCCCCC. The summed E-state index contributed by atoms with van der Waals surface area (Å²) in [7, 11) is 1.58. The fourth-order valence-electron chi connectivity index (χ4n) is 11.5.